The fraction of sp³-hybridized carbons (Fsp3) is 0.538. The molecule has 1 N–H and O–H groups in total. The van der Waals surface area contributed by atoms with Crippen molar-refractivity contribution >= 4 is 11.9 Å². The number of carbonyl (C=O) groups is 2. The lowest BCUT2D eigenvalue weighted by Crippen LogP contribution is -2.43. The number of nitrogens with zero attached hydrogens (tertiary/aromatic N) is 2. The van der Waals surface area contributed by atoms with Crippen molar-refractivity contribution in [2.45, 2.75) is 31.7 Å². The lowest BCUT2D eigenvalue weighted by Gasteiger charge is -2.27. The predicted octanol–water partition coefficient (Wildman–Crippen LogP) is 0.328. The third-order valence-electron chi connectivity index (χ3n) is 3.45. The maximum absolute atomic E-state index is 12.4. The number of esters is 1. The van der Waals surface area contributed by atoms with E-state index in [9.17, 15) is 14.4 Å². The molecule has 1 aromatic heterocycles. The number of H-pyrrole nitrogens is 1. The van der Waals surface area contributed by atoms with E-state index in [0.717, 1.165) is 25.7 Å². The highest BCUT2D eigenvalue weighted by atomic mass is 16.5. The largest absolute Gasteiger partial charge is 0.468 e. The van der Waals surface area contributed by atoms with Crippen molar-refractivity contribution in [1.29, 1.82) is 0 Å². The van der Waals surface area contributed by atoms with Crippen LogP contribution >= 0.6 is 0 Å². The van der Waals surface area contributed by atoms with Gasteiger partial charge in [0.05, 0.1) is 7.11 Å². The van der Waals surface area contributed by atoms with Gasteiger partial charge < -0.3 is 9.64 Å². The summed E-state index contributed by atoms with van der Waals surface area (Å²) in [7, 11) is 1.29. The van der Waals surface area contributed by atoms with Gasteiger partial charge in [-0.15, -0.1) is 0 Å². The molecule has 1 aliphatic carbocycles. The summed E-state index contributed by atoms with van der Waals surface area (Å²) >= 11 is 0. The molecule has 0 spiro atoms. The molecule has 0 radical (unpaired) electrons. The van der Waals surface area contributed by atoms with Gasteiger partial charge >= 0.3 is 5.97 Å². The molecule has 0 aliphatic heterocycles. The molecule has 2 rings (SSSR count). The molecule has 0 unspecified atom stereocenters. The van der Waals surface area contributed by atoms with Crippen molar-refractivity contribution in [3.05, 3.63) is 28.2 Å². The van der Waals surface area contributed by atoms with Crippen LogP contribution in [0, 0.1) is 0 Å². The summed E-state index contributed by atoms with van der Waals surface area (Å²) in [5, 5.41) is 5.95. The zero-order chi connectivity index (χ0) is 14.5. The van der Waals surface area contributed by atoms with Gasteiger partial charge in [0.2, 0.25) is 0 Å². The zero-order valence-electron chi connectivity index (χ0n) is 11.3. The van der Waals surface area contributed by atoms with E-state index in [-0.39, 0.29) is 29.7 Å². The van der Waals surface area contributed by atoms with Crippen molar-refractivity contribution in [3.63, 3.8) is 0 Å². The summed E-state index contributed by atoms with van der Waals surface area (Å²) in [4.78, 5) is 36.4. The Balaban J connectivity index is 2.20. The average Bonchev–Trinajstić information content (AvgIpc) is 2.98. The number of amides is 1. The molecule has 0 bridgehead atoms. The second-order valence-electron chi connectivity index (χ2n) is 4.75. The van der Waals surface area contributed by atoms with Crippen molar-refractivity contribution in [1.82, 2.24) is 15.1 Å². The average molecular weight is 279 g/mol. The van der Waals surface area contributed by atoms with Gasteiger partial charge in [0.1, 0.15) is 12.2 Å². The number of methoxy groups -OCH3 is 1. The molecule has 1 heterocycles. The molecule has 20 heavy (non-hydrogen) atoms. The summed E-state index contributed by atoms with van der Waals surface area (Å²) in [5.74, 6) is -0.826. The molecule has 7 heteroatoms. The number of hydrogen-bond donors (Lipinski definition) is 1. The Bertz CT molecular complexity index is 528. The number of carbonyl (C=O) groups excluding carboxylic acids is 2. The molecule has 1 fully saturated rings. The maximum atomic E-state index is 12.4. The van der Waals surface area contributed by atoms with Gasteiger partial charge in [-0.25, -0.2) is 5.10 Å². The SMILES string of the molecule is COC(=O)CN(C(=O)c1ccc(=O)[nH]n1)C1CCCC1. The normalized spacial score (nSPS) is 15.1. The Hall–Kier alpha value is -2.18. The van der Waals surface area contributed by atoms with Gasteiger partial charge in [-0.2, -0.15) is 5.10 Å². The summed E-state index contributed by atoms with van der Waals surface area (Å²) in [5.41, 5.74) is -0.248. The molecule has 0 atom stereocenters. The molecule has 7 nitrogen and oxygen atoms in total. The zero-order valence-corrected chi connectivity index (χ0v) is 11.3. The van der Waals surface area contributed by atoms with E-state index >= 15 is 0 Å². The Morgan fingerprint density at radius 1 is 1.40 bits per heavy atom. The number of nitrogens with one attached hydrogen (secondary N) is 1. The number of rotatable bonds is 4. The highest BCUT2D eigenvalue weighted by Crippen LogP contribution is 2.24. The first kappa shape index (κ1) is 14.2. The van der Waals surface area contributed by atoms with E-state index in [1.807, 2.05) is 0 Å². The second-order valence-corrected chi connectivity index (χ2v) is 4.75. The van der Waals surface area contributed by atoms with Crippen molar-refractivity contribution < 1.29 is 14.3 Å². The molecular weight excluding hydrogens is 262 g/mol. The maximum Gasteiger partial charge on any atom is 0.325 e. The first-order valence-corrected chi connectivity index (χ1v) is 6.55. The van der Waals surface area contributed by atoms with Crippen LogP contribution in [0.3, 0.4) is 0 Å². The van der Waals surface area contributed by atoms with E-state index < -0.39 is 5.97 Å². The molecule has 1 aliphatic rings. The Morgan fingerprint density at radius 3 is 2.65 bits per heavy atom. The smallest absolute Gasteiger partial charge is 0.325 e. The molecule has 1 aromatic rings. The van der Waals surface area contributed by atoms with E-state index in [1.54, 1.807) is 0 Å². The first-order chi connectivity index (χ1) is 9.61. The van der Waals surface area contributed by atoms with Crippen molar-refractivity contribution in [2.75, 3.05) is 13.7 Å². The van der Waals surface area contributed by atoms with Crippen molar-refractivity contribution in [2.24, 2.45) is 0 Å². The van der Waals surface area contributed by atoms with E-state index in [2.05, 4.69) is 14.9 Å². The van der Waals surface area contributed by atoms with Gasteiger partial charge in [0, 0.05) is 12.1 Å². The van der Waals surface area contributed by atoms with Gasteiger partial charge in [0.15, 0.2) is 0 Å². The molecule has 108 valence electrons. The van der Waals surface area contributed by atoms with Crippen LogP contribution in [-0.4, -0.2) is 46.7 Å². The summed E-state index contributed by atoms with van der Waals surface area (Å²) in [6, 6.07) is 2.63. The minimum absolute atomic E-state index is 0.0235. The summed E-state index contributed by atoms with van der Waals surface area (Å²) in [6.07, 6.45) is 3.81. The predicted molar refractivity (Wildman–Crippen MR) is 70.2 cm³/mol. The first-order valence-electron chi connectivity index (χ1n) is 6.55. The van der Waals surface area contributed by atoms with E-state index in [1.165, 1.54) is 24.1 Å². The fourth-order valence-corrected chi connectivity index (χ4v) is 2.40. The van der Waals surface area contributed by atoms with Gasteiger partial charge in [-0.05, 0) is 18.9 Å². The van der Waals surface area contributed by atoms with E-state index in [0.29, 0.717) is 0 Å². The monoisotopic (exact) mass is 279 g/mol. The Kier molecular flexibility index (Phi) is 4.49. The van der Waals surface area contributed by atoms with Crippen LogP contribution in [0.15, 0.2) is 16.9 Å². The van der Waals surface area contributed by atoms with Crippen LogP contribution < -0.4 is 5.56 Å². The summed E-state index contributed by atoms with van der Waals surface area (Å²) in [6.45, 7) is -0.0964. The topological polar surface area (TPSA) is 92.4 Å². The standard InChI is InChI=1S/C13H17N3O4/c1-20-12(18)8-16(9-4-2-3-5-9)13(19)10-6-7-11(17)15-14-10/h6-7,9H,2-5,8H2,1H3,(H,15,17). The number of aromatic amines is 1. The third-order valence-corrected chi connectivity index (χ3v) is 3.45. The minimum atomic E-state index is -0.463. The second kappa shape index (κ2) is 6.31. The number of hydrogen-bond acceptors (Lipinski definition) is 5. The molecule has 0 aromatic carbocycles. The van der Waals surface area contributed by atoms with E-state index in [4.69, 9.17) is 0 Å². The molecular formula is C13H17N3O4. The van der Waals surface area contributed by atoms with Crippen LogP contribution in [-0.2, 0) is 9.53 Å². The fourth-order valence-electron chi connectivity index (χ4n) is 2.40. The Morgan fingerprint density at radius 2 is 2.10 bits per heavy atom. The molecule has 0 saturated heterocycles. The highest BCUT2D eigenvalue weighted by molar-refractivity contribution is 5.94. The number of ether oxygens (including phenoxy) is 1. The quantitative estimate of drug-likeness (QED) is 0.802. The summed E-state index contributed by atoms with van der Waals surface area (Å²) < 4.78 is 4.63. The van der Waals surface area contributed by atoms with Gasteiger partial charge in [0.25, 0.3) is 11.5 Å². The lowest BCUT2D eigenvalue weighted by molar-refractivity contribution is -0.141. The van der Waals surface area contributed by atoms with Crippen molar-refractivity contribution in [3.8, 4) is 0 Å². The van der Waals surface area contributed by atoms with Gasteiger partial charge in [-0.1, -0.05) is 12.8 Å². The van der Waals surface area contributed by atoms with Crippen LogP contribution in [0.2, 0.25) is 0 Å². The van der Waals surface area contributed by atoms with Crippen LogP contribution in [0.4, 0.5) is 0 Å². The van der Waals surface area contributed by atoms with Crippen LogP contribution in [0.5, 0.6) is 0 Å². The molecule has 1 amide bonds. The third kappa shape index (κ3) is 3.23. The van der Waals surface area contributed by atoms with Gasteiger partial charge in [-0.3, -0.25) is 14.4 Å². The Labute approximate surface area is 115 Å². The molecule has 1 saturated carbocycles. The van der Waals surface area contributed by atoms with Crippen LogP contribution in [0.1, 0.15) is 36.2 Å². The minimum Gasteiger partial charge on any atom is -0.468 e. The number of aromatic nitrogens is 2. The highest BCUT2D eigenvalue weighted by Gasteiger charge is 2.30. The van der Waals surface area contributed by atoms with Crippen LogP contribution in [0.25, 0.3) is 0 Å². The lowest BCUT2D eigenvalue weighted by atomic mass is 10.2.